The Hall–Kier alpha value is -0.420. The van der Waals surface area contributed by atoms with Crippen molar-refractivity contribution >= 4 is 23.2 Å². The zero-order valence-electron chi connectivity index (χ0n) is 11.6. The monoisotopic (exact) mass is 303 g/mol. The first-order chi connectivity index (χ1) is 8.68. The van der Waals surface area contributed by atoms with Gasteiger partial charge in [-0.15, -0.1) is 12.4 Å². The normalized spacial score (nSPS) is 17.8. The topological polar surface area (TPSA) is 29.5 Å². The number of benzene rings is 1. The van der Waals surface area contributed by atoms with E-state index in [0.717, 1.165) is 43.3 Å². The van der Waals surface area contributed by atoms with Crippen LogP contribution in [0.25, 0.3) is 0 Å². The molecule has 0 amide bonds. The lowest BCUT2D eigenvalue weighted by molar-refractivity contribution is 0.0409. The van der Waals surface area contributed by atoms with Gasteiger partial charge in [-0.1, -0.05) is 12.1 Å². The van der Waals surface area contributed by atoms with Crippen LogP contribution in [0.3, 0.4) is 0 Å². The van der Waals surface area contributed by atoms with Crippen LogP contribution < -0.4 is 0 Å². The van der Waals surface area contributed by atoms with Crippen LogP contribution in [0.1, 0.15) is 11.1 Å². The molecular weight excluding hydrogens is 282 g/mol. The molecule has 1 unspecified atom stereocenters. The van der Waals surface area contributed by atoms with E-state index in [1.807, 2.05) is 12.1 Å². The Labute approximate surface area is 124 Å². The van der Waals surface area contributed by atoms with Crippen LogP contribution in [0, 0.1) is 13.8 Å². The first kappa shape index (κ1) is 16.6. The molecule has 5 heteroatoms. The van der Waals surface area contributed by atoms with E-state index in [-0.39, 0.29) is 12.4 Å². The van der Waals surface area contributed by atoms with Crippen molar-refractivity contribution in [3.8, 4) is 0 Å². The van der Waals surface area contributed by atoms with Gasteiger partial charge in [-0.25, -0.2) is 0 Å². The van der Waals surface area contributed by atoms with Gasteiger partial charge < -0.3 is 4.74 Å². The lowest BCUT2D eigenvalue weighted by Crippen LogP contribution is -2.38. The Morgan fingerprint density at radius 2 is 1.95 bits per heavy atom. The summed E-state index contributed by atoms with van der Waals surface area (Å²) < 4.78 is 17.6. The Morgan fingerprint density at radius 1 is 1.26 bits per heavy atom. The van der Waals surface area contributed by atoms with E-state index in [4.69, 9.17) is 4.74 Å². The molecule has 0 aliphatic carbocycles. The molecule has 3 nitrogen and oxygen atoms in total. The number of halogens is 1. The molecule has 19 heavy (non-hydrogen) atoms. The third-order valence-electron chi connectivity index (χ3n) is 3.50. The molecule has 0 aromatic heterocycles. The number of hydrogen-bond donors (Lipinski definition) is 0. The van der Waals surface area contributed by atoms with Crippen molar-refractivity contribution in [1.82, 2.24) is 4.90 Å². The van der Waals surface area contributed by atoms with Crippen molar-refractivity contribution in [2.75, 3.05) is 38.6 Å². The number of aryl methyl sites for hydroxylation is 1. The van der Waals surface area contributed by atoms with E-state index >= 15 is 0 Å². The highest BCUT2D eigenvalue weighted by molar-refractivity contribution is 7.85. The molecule has 0 spiro atoms. The molecule has 1 heterocycles. The summed E-state index contributed by atoms with van der Waals surface area (Å²) in [6, 6.07) is 6.04. The molecule has 2 rings (SSSR count). The predicted molar refractivity (Wildman–Crippen MR) is 81.7 cm³/mol. The minimum atomic E-state index is -0.889. The maximum Gasteiger partial charge on any atom is 0.0594 e. The molecule has 0 radical (unpaired) electrons. The summed E-state index contributed by atoms with van der Waals surface area (Å²) in [6.45, 7) is 8.54. The summed E-state index contributed by atoms with van der Waals surface area (Å²) in [6.07, 6.45) is 0. The Morgan fingerprint density at radius 3 is 2.63 bits per heavy atom. The van der Waals surface area contributed by atoms with Crippen LogP contribution in [0.15, 0.2) is 23.1 Å². The van der Waals surface area contributed by atoms with Gasteiger partial charge in [0.2, 0.25) is 0 Å². The molecule has 0 N–H and O–H groups in total. The van der Waals surface area contributed by atoms with Gasteiger partial charge in [0.1, 0.15) is 0 Å². The van der Waals surface area contributed by atoms with Gasteiger partial charge >= 0.3 is 0 Å². The summed E-state index contributed by atoms with van der Waals surface area (Å²) in [5, 5.41) is 0. The molecule has 1 aliphatic rings. The molecule has 1 atom stereocenters. The van der Waals surface area contributed by atoms with Crippen molar-refractivity contribution in [1.29, 1.82) is 0 Å². The number of hydrogen-bond acceptors (Lipinski definition) is 3. The number of ether oxygens (including phenoxy) is 1. The lowest BCUT2D eigenvalue weighted by Gasteiger charge is -2.26. The smallest absolute Gasteiger partial charge is 0.0594 e. The highest BCUT2D eigenvalue weighted by Crippen LogP contribution is 2.16. The van der Waals surface area contributed by atoms with Crippen molar-refractivity contribution < 1.29 is 8.95 Å². The molecule has 1 saturated heterocycles. The van der Waals surface area contributed by atoms with E-state index in [9.17, 15) is 4.21 Å². The Kier molecular flexibility index (Phi) is 7.00. The Balaban J connectivity index is 0.00000180. The van der Waals surface area contributed by atoms with E-state index in [1.165, 1.54) is 5.56 Å². The van der Waals surface area contributed by atoms with Crippen LogP contribution in [0.5, 0.6) is 0 Å². The molecule has 1 aliphatic heterocycles. The first-order valence-corrected chi connectivity index (χ1v) is 7.75. The summed E-state index contributed by atoms with van der Waals surface area (Å²) in [7, 11) is -0.889. The predicted octanol–water partition coefficient (Wildman–Crippen LogP) is 2.17. The molecule has 1 aromatic carbocycles. The number of nitrogens with zero attached hydrogens (tertiary/aromatic N) is 1. The SMILES string of the molecule is Cc1cccc(S(=O)CCN2CCOCC2)c1C.Cl. The maximum atomic E-state index is 12.3. The van der Waals surface area contributed by atoms with Gasteiger partial charge in [0.05, 0.1) is 24.0 Å². The van der Waals surface area contributed by atoms with Gasteiger partial charge in [-0.05, 0) is 31.0 Å². The molecule has 1 fully saturated rings. The molecule has 0 bridgehead atoms. The zero-order chi connectivity index (χ0) is 13.0. The fourth-order valence-corrected chi connectivity index (χ4v) is 3.49. The maximum absolute atomic E-state index is 12.3. The average molecular weight is 304 g/mol. The van der Waals surface area contributed by atoms with Gasteiger partial charge in [0.15, 0.2) is 0 Å². The number of rotatable bonds is 4. The summed E-state index contributed by atoms with van der Waals surface area (Å²) >= 11 is 0. The van der Waals surface area contributed by atoms with E-state index < -0.39 is 10.8 Å². The third-order valence-corrected chi connectivity index (χ3v) is 4.98. The van der Waals surface area contributed by atoms with Crippen LogP contribution >= 0.6 is 12.4 Å². The van der Waals surface area contributed by atoms with Crippen molar-refractivity contribution in [2.45, 2.75) is 18.7 Å². The standard InChI is InChI=1S/C14H21NO2S.ClH/c1-12-4-3-5-14(13(12)2)18(16)11-8-15-6-9-17-10-7-15;/h3-5H,6-11H2,1-2H3;1H. The second-order valence-electron chi connectivity index (χ2n) is 4.70. The minimum absolute atomic E-state index is 0. The Bertz CT molecular complexity index is 433. The van der Waals surface area contributed by atoms with E-state index in [0.29, 0.717) is 5.75 Å². The van der Waals surface area contributed by atoms with Crippen molar-refractivity contribution in [3.63, 3.8) is 0 Å². The van der Waals surface area contributed by atoms with Crippen molar-refractivity contribution in [2.24, 2.45) is 0 Å². The van der Waals surface area contributed by atoms with E-state index in [2.05, 4.69) is 24.8 Å². The summed E-state index contributed by atoms with van der Waals surface area (Å²) in [5.41, 5.74) is 2.38. The van der Waals surface area contributed by atoms with Crippen molar-refractivity contribution in [3.05, 3.63) is 29.3 Å². The van der Waals surface area contributed by atoms with Gasteiger partial charge in [-0.3, -0.25) is 9.11 Å². The van der Waals surface area contributed by atoms with Gasteiger partial charge in [-0.2, -0.15) is 0 Å². The highest BCUT2D eigenvalue weighted by atomic mass is 35.5. The fraction of sp³-hybridized carbons (Fsp3) is 0.571. The van der Waals surface area contributed by atoms with Gasteiger partial charge in [0.25, 0.3) is 0 Å². The first-order valence-electron chi connectivity index (χ1n) is 6.43. The van der Waals surface area contributed by atoms with Crippen LogP contribution in [0.2, 0.25) is 0 Å². The fourth-order valence-electron chi connectivity index (χ4n) is 2.12. The zero-order valence-corrected chi connectivity index (χ0v) is 13.2. The van der Waals surface area contributed by atoms with Crippen LogP contribution in [-0.4, -0.2) is 47.7 Å². The van der Waals surface area contributed by atoms with Crippen LogP contribution in [-0.2, 0) is 15.5 Å². The quantitative estimate of drug-likeness (QED) is 0.854. The molecular formula is C14H22ClNO2S. The minimum Gasteiger partial charge on any atom is -0.379 e. The largest absolute Gasteiger partial charge is 0.379 e. The number of morpholine rings is 1. The summed E-state index contributed by atoms with van der Waals surface area (Å²) in [4.78, 5) is 3.32. The molecule has 0 saturated carbocycles. The highest BCUT2D eigenvalue weighted by Gasteiger charge is 2.13. The second kappa shape index (κ2) is 8.00. The second-order valence-corrected chi connectivity index (χ2v) is 6.24. The average Bonchev–Trinajstić information content (AvgIpc) is 2.40. The van der Waals surface area contributed by atoms with E-state index in [1.54, 1.807) is 0 Å². The summed E-state index contributed by atoms with van der Waals surface area (Å²) in [5.74, 6) is 0.713. The third kappa shape index (κ3) is 4.56. The lowest BCUT2D eigenvalue weighted by atomic mass is 10.1. The van der Waals surface area contributed by atoms with Crippen LogP contribution in [0.4, 0.5) is 0 Å². The molecule has 108 valence electrons. The van der Waals surface area contributed by atoms with Gasteiger partial charge in [0, 0.05) is 30.3 Å². The molecule has 1 aromatic rings.